The van der Waals surface area contributed by atoms with E-state index in [0.717, 1.165) is 66.4 Å². The van der Waals surface area contributed by atoms with E-state index in [4.69, 9.17) is 4.74 Å². The van der Waals surface area contributed by atoms with Crippen LogP contribution < -0.4 is 0 Å². The van der Waals surface area contributed by atoms with Crippen molar-refractivity contribution in [1.29, 1.82) is 0 Å². The van der Waals surface area contributed by atoms with E-state index < -0.39 is 28.1 Å². The van der Waals surface area contributed by atoms with Gasteiger partial charge in [0.15, 0.2) is 22.2 Å². The summed E-state index contributed by atoms with van der Waals surface area (Å²) in [4.78, 5) is 14.6. The lowest BCUT2D eigenvalue weighted by atomic mass is 9.47. The lowest BCUT2D eigenvalue weighted by Crippen LogP contribution is -2.51. The highest BCUT2D eigenvalue weighted by Gasteiger charge is 2.59. The molecule has 2 aromatic rings. The molecule has 0 bridgehead atoms. The van der Waals surface area contributed by atoms with Crippen LogP contribution in [0, 0.1) is 52.3 Å². The summed E-state index contributed by atoms with van der Waals surface area (Å²) in [5.41, 5.74) is 3.92. The molecule has 10 unspecified atom stereocenters. The average Bonchev–Trinajstić information content (AvgIpc) is 3.45. The Balaban J connectivity index is 1.13. The molecule has 280 valence electrons. The maximum absolute atomic E-state index is 14.0. The van der Waals surface area contributed by atoms with Gasteiger partial charge in [-0.15, -0.1) is 0 Å². The second-order valence-electron chi connectivity index (χ2n) is 17.5. The van der Waals surface area contributed by atoms with E-state index in [2.05, 4.69) is 40.7 Å². The molecule has 10 atom stereocenters. The number of rotatable bonds is 13. The van der Waals surface area contributed by atoms with Crippen molar-refractivity contribution in [3.8, 4) is 0 Å². The fourth-order valence-electron chi connectivity index (χ4n) is 11.3. The lowest BCUT2D eigenvalue weighted by Gasteiger charge is -2.58. The van der Waals surface area contributed by atoms with E-state index in [1.54, 1.807) is 48.5 Å². The van der Waals surface area contributed by atoms with E-state index in [-0.39, 0.29) is 17.5 Å². The third kappa shape index (κ3) is 8.34. The number of fused-ring (bicyclic) bond motifs is 5. The minimum absolute atomic E-state index is 0.148. The zero-order valence-electron chi connectivity index (χ0n) is 31.4. The van der Waals surface area contributed by atoms with Gasteiger partial charge < -0.3 is 13.8 Å². The molecule has 6 rings (SSSR count). The van der Waals surface area contributed by atoms with Crippen LogP contribution >= 0.6 is 0 Å². The standard InChI is InChI=1S/C43H60O6S2/c1-28(2)7-6-8-29(3)38-19-20-39-37-18-13-33-27-34(21-23-42(33,4)40(37)22-24-43(38,39)5)49-41(44)32(25-30-9-14-35(15-10-30)50(45)46)26-31-11-16-36(17-12-31)51(47)48/h9-17,28-29,32,34,37-40H,6-8,18-27H2,1-5H3,(H,45,46)(H,47,48). The number of allylic oxidation sites excluding steroid dienone is 1. The molecule has 4 aliphatic carbocycles. The minimum Gasteiger partial charge on any atom is -0.462 e. The number of benzene rings is 2. The van der Waals surface area contributed by atoms with Crippen LogP contribution in [-0.4, -0.2) is 29.6 Å². The Morgan fingerprint density at radius 1 is 0.824 bits per heavy atom. The molecule has 2 N–H and O–H groups in total. The number of ether oxygens (including phenoxy) is 1. The molecule has 6 nitrogen and oxygen atoms in total. The second kappa shape index (κ2) is 16.1. The van der Waals surface area contributed by atoms with Crippen molar-refractivity contribution in [3.05, 3.63) is 71.3 Å². The number of esters is 1. The summed E-state index contributed by atoms with van der Waals surface area (Å²) in [5, 5.41) is 0. The van der Waals surface area contributed by atoms with E-state index in [9.17, 15) is 22.3 Å². The number of carbonyl (C=O) groups excluding carboxylic acids is 1. The summed E-state index contributed by atoms with van der Waals surface area (Å²) >= 11 is -4.13. The van der Waals surface area contributed by atoms with Gasteiger partial charge in [-0.2, -0.15) is 0 Å². The predicted molar refractivity (Wildman–Crippen MR) is 205 cm³/mol. The molecule has 0 amide bonds. The van der Waals surface area contributed by atoms with Crippen LogP contribution in [-0.2, 0) is 44.5 Å². The molecular formula is C43H60O6S2. The van der Waals surface area contributed by atoms with Gasteiger partial charge in [0.1, 0.15) is 6.10 Å². The third-order valence-corrected chi connectivity index (χ3v) is 15.4. The molecule has 8 heteroatoms. The van der Waals surface area contributed by atoms with Gasteiger partial charge in [0.2, 0.25) is 0 Å². The SMILES string of the molecule is CC(C)CCCC(C)C1CCC2C3CC=C4CC(OC(=O)C(Cc5ccc(S(=O)O)cc5)Cc5ccc(S(=O)O)cc5)CCC4(C)C3CCC12C. The highest BCUT2D eigenvalue weighted by atomic mass is 32.2. The van der Waals surface area contributed by atoms with Gasteiger partial charge in [-0.05, 0) is 140 Å². The fourth-order valence-corrected chi connectivity index (χ4v) is 12.0. The second-order valence-corrected chi connectivity index (χ2v) is 19.4. The molecule has 0 radical (unpaired) electrons. The minimum atomic E-state index is -2.06. The van der Waals surface area contributed by atoms with Crippen molar-refractivity contribution >= 4 is 28.1 Å². The van der Waals surface area contributed by atoms with Gasteiger partial charge in [-0.25, -0.2) is 8.42 Å². The molecule has 0 heterocycles. The molecule has 2 aromatic carbocycles. The van der Waals surface area contributed by atoms with Crippen LogP contribution in [0.1, 0.15) is 116 Å². The fraction of sp³-hybridized carbons (Fsp3) is 0.651. The molecule has 0 saturated heterocycles. The van der Waals surface area contributed by atoms with Gasteiger partial charge in [-0.1, -0.05) is 89.8 Å². The van der Waals surface area contributed by atoms with E-state index in [1.165, 1.54) is 50.5 Å². The smallest absolute Gasteiger partial charge is 0.309 e. The van der Waals surface area contributed by atoms with Gasteiger partial charge >= 0.3 is 5.97 Å². The molecule has 51 heavy (non-hydrogen) atoms. The first-order valence-electron chi connectivity index (χ1n) is 19.6. The summed E-state index contributed by atoms with van der Waals surface area (Å²) in [6, 6.07) is 13.7. The number of hydrogen-bond donors (Lipinski definition) is 2. The molecule has 0 aliphatic heterocycles. The first-order valence-corrected chi connectivity index (χ1v) is 21.8. The van der Waals surface area contributed by atoms with Gasteiger partial charge in [0.05, 0.1) is 15.7 Å². The van der Waals surface area contributed by atoms with Crippen LogP contribution in [0.4, 0.5) is 0 Å². The molecular weight excluding hydrogens is 677 g/mol. The summed E-state index contributed by atoms with van der Waals surface area (Å²) in [6.07, 6.45) is 16.7. The van der Waals surface area contributed by atoms with Gasteiger partial charge in [0.25, 0.3) is 0 Å². The van der Waals surface area contributed by atoms with Crippen molar-refractivity contribution < 1.29 is 27.1 Å². The number of carbonyl (C=O) groups is 1. The van der Waals surface area contributed by atoms with Crippen LogP contribution in [0.25, 0.3) is 0 Å². The third-order valence-electron chi connectivity index (χ3n) is 14.1. The van der Waals surface area contributed by atoms with Gasteiger partial charge in [0, 0.05) is 6.42 Å². The Morgan fingerprint density at radius 3 is 2.00 bits per heavy atom. The van der Waals surface area contributed by atoms with Crippen molar-refractivity contribution in [2.24, 2.45) is 52.3 Å². The molecule has 3 fully saturated rings. The van der Waals surface area contributed by atoms with Crippen LogP contribution in [0.15, 0.2) is 70.0 Å². The quantitative estimate of drug-likeness (QED) is 0.121. The summed E-state index contributed by atoms with van der Waals surface area (Å²) < 4.78 is 48.3. The maximum Gasteiger partial charge on any atom is 0.309 e. The summed E-state index contributed by atoms with van der Waals surface area (Å²) in [7, 11) is 0. The first kappa shape index (κ1) is 38.6. The summed E-state index contributed by atoms with van der Waals surface area (Å²) in [6.45, 7) is 12.4. The Kier molecular flexibility index (Phi) is 12.2. The van der Waals surface area contributed by atoms with Crippen molar-refractivity contribution in [2.45, 2.75) is 134 Å². The Bertz CT molecular complexity index is 1540. The Morgan fingerprint density at radius 2 is 1.43 bits per heavy atom. The summed E-state index contributed by atoms with van der Waals surface area (Å²) in [5.74, 6) is 4.06. The van der Waals surface area contributed by atoms with Crippen molar-refractivity contribution in [3.63, 3.8) is 0 Å². The maximum atomic E-state index is 14.0. The Labute approximate surface area is 311 Å². The predicted octanol–water partition coefficient (Wildman–Crippen LogP) is 10.2. The highest BCUT2D eigenvalue weighted by Crippen LogP contribution is 2.67. The largest absolute Gasteiger partial charge is 0.462 e. The molecule has 3 saturated carbocycles. The normalized spacial score (nSPS) is 32.5. The van der Waals surface area contributed by atoms with Crippen LogP contribution in [0.2, 0.25) is 0 Å². The van der Waals surface area contributed by atoms with Crippen molar-refractivity contribution in [2.75, 3.05) is 0 Å². The molecule has 4 aliphatic rings. The van der Waals surface area contributed by atoms with Gasteiger partial charge in [-0.3, -0.25) is 4.79 Å². The van der Waals surface area contributed by atoms with Crippen LogP contribution in [0.3, 0.4) is 0 Å². The lowest BCUT2D eigenvalue weighted by molar-refractivity contribution is -0.156. The number of hydrogen-bond acceptors (Lipinski definition) is 4. The first-order chi connectivity index (χ1) is 24.3. The zero-order chi connectivity index (χ0) is 36.5. The van der Waals surface area contributed by atoms with Crippen molar-refractivity contribution in [1.82, 2.24) is 0 Å². The van der Waals surface area contributed by atoms with E-state index in [1.807, 2.05) is 0 Å². The zero-order valence-corrected chi connectivity index (χ0v) is 33.0. The monoisotopic (exact) mass is 736 g/mol. The Hall–Kier alpha value is -2.13. The topological polar surface area (TPSA) is 101 Å². The van der Waals surface area contributed by atoms with Crippen LogP contribution in [0.5, 0.6) is 0 Å². The molecule has 0 aromatic heterocycles. The van der Waals surface area contributed by atoms with E-state index >= 15 is 0 Å². The molecule has 0 spiro atoms. The van der Waals surface area contributed by atoms with E-state index in [0.29, 0.717) is 34.0 Å². The highest BCUT2D eigenvalue weighted by molar-refractivity contribution is 7.79. The average molecular weight is 737 g/mol.